The fourth-order valence-electron chi connectivity index (χ4n) is 11.4. The third-order valence-electron chi connectivity index (χ3n) is 13.0. The molecule has 42 heteroatoms. The molecule has 0 aliphatic heterocycles. The summed E-state index contributed by atoms with van der Waals surface area (Å²) in [6.45, 7) is 83.1. The van der Waals surface area contributed by atoms with E-state index in [4.69, 9.17) is 99.6 Å². The van der Waals surface area contributed by atoms with Crippen LogP contribution in [0.5, 0.6) is 0 Å². The monoisotopic (exact) mass is 1840 g/mol. The minimum Gasteiger partial charge on any atom is -0.456 e. The minimum absolute atomic E-state index is 0.143. The van der Waals surface area contributed by atoms with Gasteiger partial charge in [0.2, 0.25) is 0 Å². The zero-order chi connectivity index (χ0) is 86.9. The van der Waals surface area contributed by atoms with Crippen LogP contribution >= 0.6 is 0 Å². The van der Waals surface area contributed by atoms with Gasteiger partial charge in [0.05, 0.1) is 66.1 Å². The molecule has 0 heterocycles. The molecule has 26 nitrogen and oxygen atoms in total. The van der Waals surface area contributed by atoms with Gasteiger partial charge in [0.15, 0.2) is 91.5 Å². The molecule has 0 aromatic rings. The summed E-state index contributed by atoms with van der Waals surface area (Å²) in [5.41, 5.74) is 0. The fourth-order valence-corrected chi connectivity index (χ4v) is 77.6. The van der Waals surface area contributed by atoms with E-state index in [1.165, 1.54) is 0 Å². The van der Waals surface area contributed by atoms with E-state index in [9.17, 15) is 20.4 Å². The van der Waals surface area contributed by atoms with Crippen molar-refractivity contribution in [1.29, 1.82) is 0 Å². The van der Waals surface area contributed by atoms with Gasteiger partial charge in [-0.2, -0.15) is 0 Å². The Morgan fingerprint density at radius 1 is 0.202 bits per heavy atom. The maximum Gasteiger partial charge on any atom is 0.469 e. The Morgan fingerprint density at radius 3 is 0.596 bits per heavy atom. The molecule has 0 aromatic carbocycles. The van der Waals surface area contributed by atoms with E-state index in [1.807, 2.05) is 0 Å². The van der Waals surface area contributed by atoms with Crippen molar-refractivity contribution in [3.05, 3.63) is 0 Å². The van der Waals surface area contributed by atoms with Crippen molar-refractivity contribution < 1.29 is 120 Å². The fraction of sp³-hybridized carbons (Fsp3) is 1.00. The molecule has 0 aliphatic rings. The van der Waals surface area contributed by atoms with Crippen LogP contribution in [0.1, 0.15) is 32.1 Å². The zero-order valence-electron chi connectivity index (χ0n) is 76.6. The van der Waals surface area contributed by atoms with Crippen molar-refractivity contribution in [1.82, 2.24) is 0 Å². The molecular formula is C67H176O26Si16. The average molecular weight is 1850 g/mol. The lowest BCUT2D eigenvalue weighted by atomic mass is 10.4. The Morgan fingerprint density at radius 2 is 0.385 bits per heavy atom. The van der Waals surface area contributed by atoms with Gasteiger partial charge >= 0.3 is 43.0 Å². The van der Waals surface area contributed by atoms with Gasteiger partial charge in [-0.3, -0.25) is 0 Å². The predicted molar refractivity (Wildman–Crippen MR) is 488 cm³/mol. The molecule has 0 spiro atoms. The second-order valence-electron chi connectivity index (χ2n) is 39.5. The smallest absolute Gasteiger partial charge is 0.456 e. The van der Waals surface area contributed by atoms with Crippen molar-refractivity contribution in [2.75, 3.05) is 99.1 Å². The lowest BCUT2D eigenvalue weighted by molar-refractivity contribution is 0.00599. The summed E-state index contributed by atoms with van der Waals surface area (Å²) in [5.74, 6) is 0. The number of aliphatic hydroxyl groups excluding tert-OH is 10. The zero-order valence-corrected chi connectivity index (χ0v) is 92.6. The number of hydrogen-bond donors (Lipinski definition) is 10. The number of ether oxygens (including phenoxy) is 5. The molecular weight excluding hydrogens is 1670 g/mol. The Bertz CT molecular complexity index is 2190. The van der Waals surface area contributed by atoms with Crippen molar-refractivity contribution in [2.24, 2.45) is 0 Å². The van der Waals surface area contributed by atoms with Crippen molar-refractivity contribution in [2.45, 2.75) is 335 Å². The van der Waals surface area contributed by atoms with Gasteiger partial charge in [0.25, 0.3) is 0 Å². The van der Waals surface area contributed by atoms with Crippen LogP contribution in [-0.2, 0) is 69.0 Å². The Hall–Kier alpha value is 2.43. The van der Waals surface area contributed by atoms with Crippen LogP contribution in [0.25, 0.3) is 0 Å². The number of hydrogen-bond acceptors (Lipinski definition) is 26. The molecule has 0 rings (SSSR count). The lowest BCUT2D eigenvalue weighted by Gasteiger charge is -2.42. The molecule has 0 amide bonds. The largest absolute Gasteiger partial charge is 0.469 e. The molecule has 0 radical (unpaired) electrons. The first-order valence-corrected chi connectivity index (χ1v) is 89.1. The van der Waals surface area contributed by atoms with Crippen LogP contribution in [0.4, 0.5) is 0 Å². The highest BCUT2D eigenvalue weighted by Crippen LogP contribution is 2.32. The third kappa shape index (κ3) is 85.2. The Labute approximate surface area is 683 Å². The Kier molecular flexibility index (Phi) is 61.0. The second-order valence-corrected chi connectivity index (χ2v) is 108. The molecule has 10 N–H and O–H groups in total. The van der Waals surface area contributed by atoms with E-state index in [-0.39, 0.29) is 66.1 Å². The molecule has 0 fully saturated rings. The summed E-state index contributed by atoms with van der Waals surface area (Å²) in [6, 6.07) is 4.54. The molecule has 6 atom stereocenters. The first-order valence-electron chi connectivity index (χ1n) is 39.6. The highest BCUT2D eigenvalue weighted by Gasteiger charge is 2.50. The molecule has 0 aromatic heterocycles. The van der Waals surface area contributed by atoms with Crippen LogP contribution in [0, 0.1) is 0 Å². The van der Waals surface area contributed by atoms with Crippen molar-refractivity contribution >= 4 is 135 Å². The van der Waals surface area contributed by atoms with Gasteiger partial charge in [-0.05, 0) is 299 Å². The molecule has 0 saturated heterocycles. The highest BCUT2D eigenvalue weighted by molar-refractivity contribution is 6.92. The number of rotatable bonds is 57. The van der Waals surface area contributed by atoms with Crippen molar-refractivity contribution in [3.63, 3.8) is 0 Å². The highest BCUT2D eigenvalue weighted by atomic mass is 28.5. The average Bonchev–Trinajstić information content (AvgIpc) is 0.824. The molecule has 6 unspecified atom stereocenters. The predicted octanol–water partition coefficient (Wildman–Crippen LogP) is 13.3. The minimum atomic E-state index is -2.79. The normalized spacial score (nSPS) is 15.8. The van der Waals surface area contributed by atoms with Crippen LogP contribution in [-0.4, -0.2) is 315 Å². The van der Waals surface area contributed by atoms with Gasteiger partial charge < -0.3 is 120 Å². The summed E-state index contributed by atoms with van der Waals surface area (Å²) < 4.78 is 97.7. The summed E-state index contributed by atoms with van der Waals surface area (Å²) in [7, 11) is -30.2. The van der Waals surface area contributed by atoms with E-state index < -0.39 is 165 Å². The van der Waals surface area contributed by atoms with Crippen LogP contribution in [0.15, 0.2) is 0 Å². The van der Waals surface area contributed by atoms with Crippen molar-refractivity contribution in [3.8, 4) is 0 Å². The summed E-state index contributed by atoms with van der Waals surface area (Å²) >= 11 is 0. The van der Waals surface area contributed by atoms with Crippen LogP contribution in [0.2, 0.25) is 272 Å². The van der Waals surface area contributed by atoms with E-state index in [0.29, 0.717) is 33.0 Å². The second kappa shape index (κ2) is 55.4. The first kappa shape index (κ1) is 120. The van der Waals surface area contributed by atoms with Gasteiger partial charge in [0, 0.05) is 39.1 Å². The third-order valence-corrected chi connectivity index (χ3v) is 64.5. The maximum atomic E-state index is 9.35. The molecule has 109 heavy (non-hydrogen) atoms. The summed E-state index contributed by atoms with van der Waals surface area (Å²) in [5, 5.41) is 89.8. The maximum absolute atomic E-state index is 9.35. The van der Waals surface area contributed by atoms with Gasteiger partial charge in [-0.1, -0.05) is 0 Å². The van der Waals surface area contributed by atoms with Gasteiger partial charge in [-0.25, -0.2) is 0 Å². The van der Waals surface area contributed by atoms with E-state index in [2.05, 4.69) is 242 Å². The summed E-state index contributed by atoms with van der Waals surface area (Å²) in [6.07, 6.45) is 0.344. The lowest BCUT2D eigenvalue weighted by Crippen LogP contribution is -2.60. The Balaban J connectivity index is -0.000000416. The molecule has 0 aliphatic carbocycles. The van der Waals surface area contributed by atoms with Gasteiger partial charge in [0.1, 0.15) is 30.5 Å². The molecule has 664 valence electrons. The van der Waals surface area contributed by atoms with E-state index >= 15 is 0 Å². The van der Waals surface area contributed by atoms with E-state index in [1.54, 1.807) is 0 Å². The topological polar surface area (TPSA) is 350 Å². The molecule has 0 saturated carbocycles. The van der Waals surface area contributed by atoms with E-state index in [0.717, 1.165) is 62.3 Å². The molecule has 0 bridgehead atoms. The van der Waals surface area contributed by atoms with Crippen LogP contribution in [0.3, 0.4) is 0 Å². The first-order chi connectivity index (χ1) is 48.6. The quantitative estimate of drug-likeness (QED) is 0.0200. The summed E-state index contributed by atoms with van der Waals surface area (Å²) in [4.78, 5) is 0. The SMILES string of the molecule is C[Si](C)(C)O[Si](C)(C)CCCOCC(O)CO.C[Si](C)(C)O[Si](C)(C)O[Si](C)(C)CCCOCC(O)CO.C[Si](C)(C)O[Si](C)(C)O[Si](C)(CCCOCC(O)CO)O[Si](C)(C)C.C[Si](C)(C)O[Si](C)(CCCOCC(O)CO)O[Si](C)(C)C.C[Si](C)(C)O[Si](CCCOCC(O)CO)(O[Si](C)(C)C)O[Si](C)(C)C. The number of aliphatic hydroxyl groups is 10. The van der Waals surface area contributed by atoms with Gasteiger partial charge in [-0.15, -0.1) is 0 Å². The van der Waals surface area contributed by atoms with Crippen LogP contribution < -0.4 is 0 Å². The standard InChI is InChI=1S/2C15H40O6Si4.2C13H34O5Si3.C11H28O4Si2/c1-22(2,3)19-24(7,8)21-25(9,20-23(4,5)6)12-10-11-18-14-15(17)13-16;1-22(2,3)19-25(20-23(4,5)6,21-24(7,8)9)12-10-11-18-14-15(17)13-16;1-19(2,3)17-21(6,7)18-20(4,5)10-8-9-16-12-13(15)11-14;1-19(2,3)17-21(7,18-20(4,5)6)10-8-9-16-12-13(15)11-14;1-16(2,3)15-17(4,5)8-6-7-14-10-11(13)9-12/h2*15-17H,10-14H2,1-9H3;2*13-15H,8-12H2,1-7H3;11-13H,6-10H2,1-5H3.